The molecule has 9 aromatic heterocycles. The molecular weight excluding hydrogens is 1780 g/mol. The Balaban J connectivity index is 0.000000109. The zero-order chi connectivity index (χ0) is 96.5. The summed E-state index contributed by atoms with van der Waals surface area (Å²) >= 11 is 0. The molecule has 12 nitrogen and oxygen atoms in total. The van der Waals surface area contributed by atoms with Gasteiger partial charge >= 0.3 is 0 Å². The van der Waals surface area contributed by atoms with Crippen molar-refractivity contribution in [2.24, 2.45) is 0 Å². The van der Waals surface area contributed by atoms with E-state index >= 15 is 0 Å². The number of imidazole rings is 2. The minimum atomic E-state index is 0.266. The molecule has 0 amide bonds. The van der Waals surface area contributed by atoms with Gasteiger partial charge in [0.1, 0.15) is 11.6 Å². The first kappa shape index (κ1) is 85.6. The maximum absolute atomic E-state index is 5.17. The van der Waals surface area contributed by atoms with Crippen LogP contribution in [0.5, 0.6) is 0 Å². The third-order valence-electron chi connectivity index (χ3n) is 28.5. The maximum Gasteiger partial charge on any atom is 0.160 e. The third-order valence-corrected chi connectivity index (χ3v) is 28.5. The molecule has 0 bridgehead atoms. The van der Waals surface area contributed by atoms with Crippen molar-refractivity contribution >= 4 is 147 Å². The molecule has 682 valence electrons. The minimum Gasteiger partial charge on any atom is -0.292 e. The topological polar surface area (TPSA) is 139 Å². The second-order valence-corrected chi connectivity index (χ2v) is 37.1. The van der Waals surface area contributed by atoms with Crippen LogP contribution >= 0.6 is 0 Å². The van der Waals surface area contributed by atoms with E-state index in [2.05, 4.69) is 434 Å². The number of nitrogens with zero attached hydrogens (tertiary/aromatic N) is 12. The Kier molecular flexibility index (Phi) is 21.5. The Hall–Kier alpha value is -19.6. The van der Waals surface area contributed by atoms with E-state index in [-0.39, 0.29) is 5.92 Å². The quantitative estimate of drug-likeness (QED) is 0.0810. The van der Waals surface area contributed by atoms with Crippen molar-refractivity contribution in [1.29, 1.82) is 0 Å². The first-order valence-electron chi connectivity index (χ1n) is 49.4. The smallest absolute Gasteiger partial charge is 0.160 e. The Morgan fingerprint density at radius 2 is 0.596 bits per heavy atom. The largest absolute Gasteiger partial charge is 0.292 e. The van der Waals surface area contributed by atoms with Crippen LogP contribution in [0.3, 0.4) is 0 Å². The van der Waals surface area contributed by atoms with Gasteiger partial charge in [0.15, 0.2) is 5.82 Å². The number of benzene rings is 19. The van der Waals surface area contributed by atoms with E-state index in [0.717, 1.165) is 217 Å². The molecule has 0 radical (unpaired) electrons. The molecular formula is C134H86N12. The molecule has 28 aromatic rings. The van der Waals surface area contributed by atoms with Crippen LogP contribution in [0, 0.1) is 0 Å². The van der Waals surface area contributed by atoms with Crippen LogP contribution in [0.15, 0.2) is 504 Å². The average Bonchev–Trinajstić information content (AvgIpc) is 0.805. The molecule has 1 atom stereocenters. The number of fused-ring (bicyclic) bond motifs is 16. The summed E-state index contributed by atoms with van der Waals surface area (Å²) in [7, 11) is 0. The van der Waals surface area contributed by atoms with Crippen LogP contribution in [-0.4, -0.2) is 59.0 Å². The summed E-state index contributed by atoms with van der Waals surface area (Å²) in [6.07, 6.45) is 13.2. The van der Waals surface area contributed by atoms with Gasteiger partial charge in [-0.1, -0.05) is 388 Å². The molecule has 0 saturated heterocycles. The molecule has 12 heteroatoms. The number of hydrogen-bond donors (Lipinski definition) is 0. The van der Waals surface area contributed by atoms with E-state index in [1.807, 2.05) is 79.3 Å². The monoisotopic (exact) mass is 1860 g/mol. The Bertz CT molecular complexity index is 10100. The lowest BCUT2D eigenvalue weighted by atomic mass is 9.88. The van der Waals surface area contributed by atoms with Crippen LogP contribution in [0.25, 0.3) is 260 Å². The lowest BCUT2D eigenvalue weighted by molar-refractivity contribution is 0.855. The molecule has 9 heterocycles. The highest BCUT2D eigenvalue weighted by Gasteiger charge is 2.25. The Morgan fingerprint density at radius 3 is 1.10 bits per heavy atom. The summed E-state index contributed by atoms with van der Waals surface area (Å²) in [5.74, 6) is 2.88. The van der Waals surface area contributed by atoms with Crippen LogP contribution in [0.4, 0.5) is 0 Å². The van der Waals surface area contributed by atoms with Gasteiger partial charge in [-0.05, 0) is 170 Å². The molecule has 0 fully saturated rings. The van der Waals surface area contributed by atoms with Crippen molar-refractivity contribution in [2.75, 3.05) is 0 Å². The van der Waals surface area contributed by atoms with Gasteiger partial charge in [0.2, 0.25) is 0 Å². The third kappa shape index (κ3) is 15.4. The van der Waals surface area contributed by atoms with Gasteiger partial charge < -0.3 is 0 Å². The van der Waals surface area contributed by atoms with E-state index in [4.69, 9.17) is 49.8 Å². The van der Waals surface area contributed by atoms with Crippen LogP contribution in [-0.2, 0) is 0 Å². The molecule has 0 N–H and O–H groups in total. The number of para-hydroxylation sites is 10. The second-order valence-electron chi connectivity index (χ2n) is 37.1. The van der Waals surface area contributed by atoms with E-state index in [1.165, 1.54) is 60.8 Å². The van der Waals surface area contributed by atoms with E-state index < -0.39 is 0 Å². The number of pyridine rings is 6. The highest BCUT2D eigenvalue weighted by atomic mass is 15.1. The van der Waals surface area contributed by atoms with E-state index in [0.29, 0.717) is 0 Å². The highest BCUT2D eigenvalue weighted by molar-refractivity contribution is 6.22. The molecule has 1 unspecified atom stereocenters. The molecule has 0 aliphatic heterocycles. The zero-order valence-corrected chi connectivity index (χ0v) is 79.1. The standard InChI is InChI=1S/C48H32N4.C45H28N4.C41H26N4/c1-2-9-31(10-3-1)32-18-24-37(25-19-32)45-40-13-5-7-15-43(40)51-48(52-45)38-26-20-34(21-27-38)33-16-22-35(23-17-33)44-39-12-4-6-14-42(39)50-47-41(44)29-28-36-11-8-30-49-46(36)47;1-2-12-32(13-3-1)49-41-19-9-8-18-40(41)48-45(49)31-22-20-29(21-23-31)33-26-27-36(35-15-5-4-14-34(33)35)42-37-16-6-7-17-39(37)47-44-38(42)25-24-30-11-10-28-46-43(30)44;1-2-13-32(14-3-1)45-37-18-7-6-17-36(37)44-41(45)29-21-19-27(20-22-29)30-10-8-11-31(26-30)38-33-15-4-5-16-35(33)43-40-34(38)24-23-28-12-9-25-42-39(28)40/h1-20,22-30,34H,21H2;1-28H;1-26H. The first-order valence-corrected chi connectivity index (χ1v) is 49.4. The predicted molar refractivity (Wildman–Crippen MR) is 603 cm³/mol. The fourth-order valence-corrected chi connectivity index (χ4v) is 21.5. The second kappa shape index (κ2) is 36.6. The predicted octanol–water partition coefficient (Wildman–Crippen LogP) is 33.7. The van der Waals surface area contributed by atoms with Gasteiger partial charge in [-0.3, -0.25) is 24.1 Å². The summed E-state index contributed by atoms with van der Waals surface area (Å²) in [6, 6.07) is 164. The fourth-order valence-electron chi connectivity index (χ4n) is 21.5. The maximum atomic E-state index is 5.17. The number of allylic oxidation sites excluding steroid dienone is 4. The molecule has 29 rings (SSSR count). The summed E-state index contributed by atoms with van der Waals surface area (Å²) in [5.41, 5.74) is 36.4. The van der Waals surface area contributed by atoms with Gasteiger partial charge in [-0.25, -0.2) is 34.9 Å². The Labute approximate surface area is 840 Å². The van der Waals surface area contributed by atoms with Crippen molar-refractivity contribution < 1.29 is 0 Å². The van der Waals surface area contributed by atoms with Crippen molar-refractivity contribution in [3.05, 3.63) is 515 Å². The van der Waals surface area contributed by atoms with Gasteiger partial charge in [0, 0.05) is 129 Å². The molecule has 0 saturated carbocycles. The van der Waals surface area contributed by atoms with Crippen LogP contribution < -0.4 is 0 Å². The fraction of sp³-hybridized carbons (Fsp3) is 0.0149. The summed E-state index contributed by atoms with van der Waals surface area (Å²) in [4.78, 5) is 49.8. The van der Waals surface area contributed by atoms with Crippen molar-refractivity contribution in [2.45, 2.75) is 12.3 Å². The highest BCUT2D eigenvalue weighted by Crippen LogP contribution is 2.47. The van der Waals surface area contributed by atoms with E-state index in [9.17, 15) is 0 Å². The van der Waals surface area contributed by atoms with Crippen LogP contribution in [0.2, 0.25) is 0 Å². The average molecular weight is 1860 g/mol. The first-order chi connectivity index (χ1) is 72.4. The summed E-state index contributed by atoms with van der Waals surface area (Å²) in [5, 5.41) is 13.5. The summed E-state index contributed by atoms with van der Waals surface area (Å²) in [6.45, 7) is 0. The number of rotatable bonds is 13. The molecule has 19 aromatic carbocycles. The SMILES string of the molecule is C1=CC(c2ccc(-c3c4ccccc4nc4c3ccc3cccnc34)cc2)CC=C1c1nc(-c2ccc(-c3ccccc3)cc2)c2ccccc2n1.c1ccc(-n2c(-c3ccc(-c4ccc(-c5c6ccccc6nc6c5ccc5cccnc56)c5ccccc45)cc3)nc3ccccc32)cc1.c1ccc(-n2c(-c3ccc(-c4cccc(-c5c6ccccc6nc6c5ccc5cccnc56)c4)cc3)nc3ccccc32)cc1. The van der Waals surface area contributed by atoms with Crippen molar-refractivity contribution in [1.82, 2.24) is 59.0 Å². The van der Waals surface area contributed by atoms with E-state index in [1.54, 1.807) is 0 Å². The number of hydrogen-bond acceptors (Lipinski definition) is 10. The molecule has 1 aliphatic rings. The molecule has 146 heavy (non-hydrogen) atoms. The summed E-state index contributed by atoms with van der Waals surface area (Å²) < 4.78 is 4.49. The normalized spacial score (nSPS) is 12.6. The molecule has 0 spiro atoms. The zero-order valence-electron chi connectivity index (χ0n) is 79.1. The van der Waals surface area contributed by atoms with Gasteiger partial charge in [0.25, 0.3) is 0 Å². The number of aromatic nitrogens is 12. The van der Waals surface area contributed by atoms with Crippen LogP contribution in [0.1, 0.15) is 23.7 Å². The molecule has 1 aliphatic carbocycles. The van der Waals surface area contributed by atoms with Gasteiger partial charge in [-0.2, -0.15) is 0 Å². The lowest BCUT2D eigenvalue weighted by Gasteiger charge is -2.18. The van der Waals surface area contributed by atoms with Gasteiger partial charge in [-0.15, -0.1) is 0 Å². The lowest BCUT2D eigenvalue weighted by Crippen LogP contribution is -2.02. The van der Waals surface area contributed by atoms with Crippen molar-refractivity contribution in [3.63, 3.8) is 0 Å². The minimum absolute atomic E-state index is 0.266. The van der Waals surface area contributed by atoms with Gasteiger partial charge in [0.05, 0.1) is 82.9 Å². The Morgan fingerprint density at radius 1 is 0.219 bits per heavy atom. The van der Waals surface area contributed by atoms with Crippen molar-refractivity contribution in [3.8, 4) is 112 Å².